The fourth-order valence-electron chi connectivity index (χ4n) is 3.90. The number of halogens is 1. The van der Waals surface area contributed by atoms with Crippen molar-refractivity contribution in [2.24, 2.45) is 5.92 Å². The molecule has 0 N–H and O–H groups in total. The van der Waals surface area contributed by atoms with Gasteiger partial charge in [0.05, 0.1) is 5.92 Å². The van der Waals surface area contributed by atoms with Crippen molar-refractivity contribution >= 4 is 33.7 Å². The third kappa shape index (κ3) is 4.57. The van der Waals surface area contributed by atoms with Gasteiger partial charge in [0, 0.05) is 54.7 Å². The van der Waals surface area contributed by atoms with Crippen LogP contribution in [0.2, 0.25) is 0 Å². The molecule has 6 nitrogen and oxygen atoms in total. The molecule has 0 aromatic heterocycles. The van der Waals surface area contributed by atoms with Crippen LogP contribution in [0.3, 0.4) is 0 Å². The number of amides is 3. The molecule has 3 amide bonds. The Balaban J connectivity index is 1.60. The third-order valence-electron chi connectivity index (χ3n) is 5.47. The topological polar surface area (TPSA) is 60.9 Å². The Morgan fingerprint density at radius 1 is 1.00 bits per heavy atom. The standard InChI is InChI=1S/C21H28BrN3O3/c1-21(2,3)25-14-16(13-18(25)26)20(28)24-10-4-9-23(11-12-24)19(27)15-5-7-17(22)8-6-15/h5-8,16H,4,9-14H2,1-3H3. The lowest BCUT2D eigenvalue weighted by molar-refractivity contribution is -0.135. The molecule has 2 saturated heterocycles. The summed E-state index contributed by atoms with van der Waals surface area (Å²) in [7, 11) is 0. The van der Waals surface area contributed by atoms with Gasteiger partial charge in [0.25, 0.3) is 5.91 Å². The Morgan fingerprint density at radius 3 is 2.21 bits per heavy atom. The predicted octanol–water partition coefficient (Wildman–Crippen LogP) is 2.77. The zero-order valence-electron chi connectivity index (χ0n) is 16.8. The molecule has 2 fully saturated rings. The highest BCUT2D eigenvalue weighted by Gasteiger charge is 2.41. The molecule has 152 valence electrons. The quantitative estimate of drug-likeness (QED) is 0.697. The highest BCUT2D eigenvalue weighted by atomic mass is 79.9. The van der Waals surface area contributed by atoms with Crippen LogP contribution in [0.1, 0.15) is 44.0 Å². The molecule has 2 aliphatic heterocycles. The summed E-state index contributed by atoms with van der Waals surface area (Å²) in [4.78, 5) is 43.5. The Bertz CT molecular complexity index is 757. The Hall–Kier alpha value is -1.89. The maximum absolute atomic E-state index is 13.0. The first kappa shape index (κ1) is 20.8. The Kier molecular flexibility index (Phi) is 6.12. The minimum Gasteiger partial charge on any atom is -0.341 e. The molecule has 1 unspecified atom stereocenters. The minimum atomic E-state index is -0.277. The van der Waals surface area contributed by atoms with Crippen molar-refractivity contribution in [1.82, 2.24) is 14.7 Å². The van der Waals surface area contributed by atoms with Crippen LogP contribution in [0.25, 0.3) is 0 Å². The molecule has 0 spiro atoms. The van der Waals surface area contributed by atoms with Crippen LogP contribution in [-0.4, -0.2) is 70.7 Å². The lowest BCUT2D eigenvalue weighted by Gasteiger charge is -2.32. The van der Waals surface area contributed by atoms with Crippen LogP contribution >= 0.6 is 15.9 Å². The SMILES string of the molecule is CC(C)(C)N1CC(C(=O)N2CCCN(C(=O)c3ccc(Br)cc3)CC2)CC1=O. The van der Waals surface area contributed by atoms with Crippen molar-refractivity contribution in [1.29, 1.82) is 0 Å². The van der Waals surface area contributed by atoms with Gasteiger partial charge in [0.2, 0.25) is 11.8 Å². The lowest BCUT2D eigenvalue weighted by atomic mass is 10.1. The maximum atomic E-state index is 13.0. The van der Waals surface area contributed by atoms with Crippen molar-refractivity contribution in [2.45, 2.75) is 39.2 Å². The van der Waals surface area contributed by atoms with Gasteiger partial charge in [-0.15, -0.1) is 0 Å². The van der Waals surface area contributed by atoms with Gasteiger partial charge in [-0.3, -0.25) is 14.4 Å². The molecule has 1 aromatic rings. The molecule has 1 aromatic carbocycles. The maximum Gasteiger partial charge on any atom is 0.253 e. The number of nitrogens with zero attached hydrogens (tertiary/aromatic N) is 3. The molecule has 0 bridgehead atoms. The van der Waals surface area contributed by atoms with Gasteiger partial charge in [-0.1, -0.05) is 15.9 Å². The first-order valence-corrected chi connectivity index (χ1v) is 10.6. The first-order valence-electron chi connectivity index (χ1n) is 9.81. The predicted molar refractivity (Wildman–Crippen MR) is 111 cm³/mol. The van der Waals surface area contributed by atoms with Crippen molar-refractivity contribution in [3.05, 3.63) is 34.3 Å². The normalized spacial score (nSPS) is 21.1. The van der Waals surface area contributed by atoms with E-state index in [4.69, 9.17) is 0 Å². The van der Waals surface area contributed by atoms with Crippen molar-refractivity contribution in [2.75, 3.05) is 32.7 Å². The zero-order chi connectivity index (χ0) is 20.5. The Morgan fingerprint density at radius 2 is 1.61 bits per heavy atom. The van der Waals surface area contributed by atoms with E-state index in [1.807, 2.05) is 54.8 Å². The second-order valence-corrected chi connectivity index (χ2v) is 9.47. The van der Waals surface area contributed by atoms with Gasteiger partial charge < -0.3 is 14.7 Å². The molecule has 0 saturated carbocycles. The second kappa shape index (κ2) is 8.23. The van der Waals surface area contributed by atoms with Crippen LogP contribution in [0.5, 0.6) is 0 Å². The molecular formula is C21H28BrN3O3. The smallest absolute Gasteiger partial charge is 0.253 e. The van der Waals surface area contributed by atoms with E-state index in [0.717, 1.165) is 10.9 Å². The summed E-state index contributed by atoms with van der Waals surface area (Å²) < 4.78 is 0.937. The summed E-state index contributed by atoms with van der Waals surface area (Å²) in [6.07, 6.45) is 1.03. The molecule has 2 heterocycles. The van der Waals surface area contributed by atoms with Gasteiger partial charge in [0.15, 0.2) is 0 Å². The molecule has 0 aliphatic carbocycles. The summed E-state index contributed by atoms with van der Waals surface area (Å²) in [5, 5.41) is 0. The van der Waals surface area contributed by atoms with Crippen molar-refractivity contribution in [3.63, 3.8) is 0 Å². The summed E-state index contributed by atoms with van der Waals surface area (Å²) in [5.74, 6) is -0.192. The van der Waals surface area contributed by atoms with E-state index in [0.29, 0.717) is 38.3 Å². The van der Waals surface area contributed by atoms with Crippen LogP contribution in [0.15, 0.2) is 28.7 Å². The summed E-state index contributed by atoms with van der Waals surface area (Å²) in [6, 6.07) is 7.34. The number of carbonyl (C=O) groups excluding carboxylic acids is 3. The second-order valence-electron chi connectivity index (χ2n) is 8.55. The Labute approximate surface area is 175 Å². The average Bonchev–Trinajstić information content (AvgIpc) is 2.88. The summed E-state index contributed by atoms with van der Waals surface area (Å²) >= 11 is 3.38. The minimum absolute atomic E-state index is 0.00301. The molecule has 0 radical (unpaired) electrons. The molecule has 1 atom stereocenters. The van der Waals surface area contributed by atoms with Crippen LogP contribution in [0.4, 0.5) is 0 Å². The third-order valence-corrected chi connectivity index (χ3v) is 6.00. The van der Waals surface area contributed by atoms with E-state index in [1.165, 1.54) is 0 Å². The van der Waals surface area contributed by atoms with Gasteiger partial charge >= 0.3 is 0 Å². The highest BCUT2D eigenvalue weighted by Crippen LogP contribution is 2.27. The van der Waals surface area contributed by atoms with Gasteiger partial charge in [0.1, 0.15) is 0 Å². The average molecular weight is 450 g/mol. The number of rotatable bonds is 2. The number of hydrogen-bond acceptors (Lipinski definition) is 3. The first-order chi connectivity index (χ1) is 13.2. The summed E-state index contributed by atoms with van der Waals surface area (Å²) in [5.41, 5.74) is 0.392. The summed E-state index contributed by atoms with van der Waals surface area (Å²) in [6.45, 7) is 8.77. The molecule has 2 aliphatic rings. The number of benzene rings is 1. The van der Waals surface area contributed by atoms with Gasteiger partial charge in [-0.05, 0) is 51.5 Å². The van der Waals surface area contributed by atoms with E-state index < -0.39 is 0 Å². The van der Waals surface area contributed by atoms with Crippen molar-refractivity contribution < 1.29 is 14.4 Å². The lowest BCUT2D eigenvalue weighted by Crippen LogP contribution is -2.44. The van der Waals surface area contributed by atoms with Crippen molar-refractivity contribution in [3.8, 4) is 0 Å². The van der Waals surface area contributed by atoms with E-state index in [2.05, 4.69) is 15.9 Å². The highest BCUT2D eigenvalue weighted by molar-refractivity contribution is 9.10. The van der Waals surface area contributed by atoms with Crippen LogP contribution < -0.4 is 0 Å². The fraction of sp³-hybridized carbons (Fsp3) is 0.571. The molecular weight excluding hydrogens is 422 g/mol. The van der Waals surface area contributed by atoms with Crippen LogP contribution in [0, 0.1) is 5.92 Å². The number of hydrogen-bond donors (Lipinski definition) is 0. The van der Waals surface area contributed by atoms with Gasteiger partial charge in [-0.25, -0.2) is 0 Å². The number of likely N-dealkylation sites (tertiary alicyclic amines) is 1. The molecule has 28 heavy (non-hydrogen) atoms. The van der Waals surface area contributed by atoms with E-state index in [1.54, 1.807) is 4.90 Å². The molecule has 7 heteroatoms. The largest absolute Gasteiger partial charge is 0.341 e. The fourth-order valence-corrected chi connectivity index (χ4v) is 4.16. The van der Waals surface area contributed by atoms with Gasteiger partial charge in [-0.2, -0.15) is 0 Å². The van der Waals surface area contributed by atoms with E-state index >= 15 is 0 Å². The number of carbonyl (C=O) groups is 3. The van der Waals surface area contributed by atoms with E-state index in [-0.39, 0.29) is 35.6 Å². The van der Waals surface area contributed by atoms with Crippen LogP contribution in [-0.2, 0) is 9.59 Å². The molecule has 3 rings (SSSR count). The van der Waals surface area contributed by atoms with E-state index in [9.17, 15) is 14.4 Å². The zero-order valence-corrected chi connectivity index (χ0v) is 18.4. The monoisotopic (exact) mass is 449 g/mol.